The van der Waals surface area contributed by atoms with Crippen molar-refractivity contribution < 1.29 is 9.90 Å². The molecule has 0 aliphatic heterocycles. The number of aliphatic carboxylic acids is 1. The van der Waals surface area contributed by atoms with Crippen LogP contribution in [0.1, 0.15) is 37.4 Å². The zero-order chi connectivity index (χ0) is 13.7. The molecule has 2 atom stereocenters. The highest BCUT2D eigenvalue weighted by atomic mass is 16.4. The number of carboxylic acid groups (broad SMARTS) is 1. The third kappa shape index (κ3) is 3.84. The van der Waals surface area contributed by atoms with Crippen LogP contribution in [-0.2, 0) is 11.2 Å². The summed E-state index contributed by atoms with van der Waals surface area (Å²) < 4.78 is 0. The number of nitrogens with zero attached hydrogens (tertiary/aromatic N) is 1. The molecule has 3 heteroatoms. The molecule has 0 spiro atoms. The van der Waals surface area contributed by atoms with E-state index in [9.17, 15) is 4.79 Å². The molecule has 0 fully saturated rings. The third-order valence-corrected chi connectivity index (χ3v) is 3.32. The van der Waals surface area contributed by atoms with E-state index < -0.39 is 5.97 Å². The number of carboxylic acids is 1. The zero-order valence-corrected chi connectivity index (χ0v) is 11.7. The molecule has 0 heterocycles. The van der Waals surface area contributed by atoms with Crippen molar-refractivity contribution in [2.75, 3.05) is 14.1 Å². The standard InChI is InChI=1S/C15H23NO2/c1-5-12-6-8-13(9-7-12)15(16(3)4)11(2)10-14(17)18/h6-9,11,15H,5,10H2,1-4H3,(H,17,18). The van der Waals surface area contributed by atoms with E-state index in [0.717, 1.165) is 6.42 Å². The van der Waals surface area contributed by atoms with Crippen molar-refractivity contribution in [2.45, 2.75) is 32.7 Å². The van der Waals surface area contributed by atoms with E-state index >= 15 is 0 Å². The Morgan fingerprint density at radius 2 is 1.83 bits per heavy atom. The summed E-state index contributed by atoms with van der Waals surface area (Å²) in [6.45, 7) is 4.12. The van der Waals surface area contributed by atoms with Crippen LogP contribution in [0.15, 0.2) is 24.3 Å². The Morgan fingerprint density at radius 3 is 2.22 bits per heavy atom. The lowest BCUT2D eigenvalue weighted by Gasteiger charge is -2.30. The van der Waals surface area contributed by atoms with Crippen molar-refractivity contribution >= 4 is 5.97 Å². The van der Waals surface area contributed by atoms with Crippen LogP contribution < -0.4 is 0 Å². The molecule has 18 heavy (non-hydrogen) atoms. The van der Waals surface area contributed by atoms with Crippen molar-refractivity contribution in [3.63, 3.8) is 0 Å². The molecule has 0 saturated heterocycles. The van der Waals surface area contributed by atoms with Crippen LogP contribution in [0.2, 0.25) is 0 Å². The molecular formula is C15H23NO2. The van der Waals surface area contributed by atoms with Crippen molar-refractivity contribution in [3.05, 3.63) is 35.4 Å². The van der Waals surface area contributed by atoms with Crippen molar-refractivity contribution in [2.24, 2.45) is 5.92 Å². The predicted octanol–water partition coefficient (Wildman–Crippen LogP) is 2.96. The highest BCUT2D eigenvalue weighted by Crippen LogP contribution is 2.29. The van der Waals surface area contributed by atoms with Crippen LogP contribution in [0.3, 0.4) is 0 Å². The van der Waals surface area contributed by atoms with Gasteiger partial charge in [0.15, 0.2) is 0 Å². The third-order valence-electron chi connectivity index (χ3n) is 3.32. The molecule has 2 unspecified atom stereocenters. The van der Waals surface area contributed by atoms with Crippen LogP contribution in [0.4, 0.5) is 0 Å². The lowest BCUT2D eigenvalue weighted by atomic mass is 9.90. The highest BCUT2D eigenvalue weighted by molar-refractivity contribution is 5.67. The van der Waals surface area contributed by atoms with E-state index in [0.29, 0.717) is 0 Å². The van der Waals surface area contributed by atoms with Gasteiger partial charge < -0.3 is 10.0 Å². The highest BCUT2D eigenvalue weighted by Gasteiger charge is 2.23. The molecule has 100 valence electrons. The molecule has 1 aromatic carbocycles. The molecule has 0 aliphatic rings. The first-order valence-corrected chi connectivity index (χ1v) is 6.42. The van der Waals surface area contributed by atoms with Gasteiger partial charge >= 0.3 is 5.97 Å². The Labute approximate surface area is 109 Å². The minimum Gasteiger partial charge on any atom is -0.481 e. The molecule has 1 aromatic rings. The van der Waals surface area contributed by atoms with E-state index in [1.807, 2.05) is 21.0 Å². The molecular weight excluding hydrogens is 226 g/mol. The summed E-state index contributed by atoms with van der Waals surface area (Å²) in [5.74, 6) is -0.649. The molecule has 3 nitrogen and oxygen atoms in total. The Kier molecular flexibility index (Phi) is 5.35. The van der Waals surface area contributed by atoms with Gasteiger partial charge in [0.25, 0.3) is 0 Å². The second-order valence-corrected chi connectivity index (χ2v) is 5.08. The second kappa shape index (κ2) is 6.55. The number of hydrogen-bond acceptors (Lipinski definition) is 2. The number of rotatable bonds is 6. The monoisotopic (exact) mass is 249 g/mol. The van der Waals surface area contributed by atoms with E-state index in [1.165, 1.54) is 11.1 Å². The van der Waals surface area contributed by atoms with Gasteiger partial charge in [-0.25, -0.2) is 0 Å². The normalized spacial score (nSPS) is 14.5. The van der Waals surface area contributed by atoms with E-state index in [1.54, 1.807) is 0 Å². The van der Waals surface area contributed by atoms with Crippen LogP contribution in [-0.4, -0.2) is 30.1 Å². The van der Waals surface area contributed by atoms with Gasteiger partial charge in [0, 0.05) is 12.5 Å². The van der Waals surface area contributed by atoms with Crippen molar-refractivity contribution in [1.82, 2.24) is 4.90 Å². The van der Waals surface area contributed by atoms with Gasteiger partial charge in [-0.3, -0.25) is 4.79 Å². The Bertz CT molecular complexity index is 384. The largest absolute Gasteiger partial charge is 0.481 e. The second-order valence-electron chi connectivity index (χ2n) is 5.08. The average Bonchev–Trinajstić information content (AvgIpc) is 2.28. The van der Waals surface area contributed by atoms with Gasteiger partial charge in [0.1, 0.15) is 0 Å². The van der Waals surface area contributed by atoms with Gasteiger partial charge in [-0.1, -0.05) is 38.1 Å². The molecule has 0 radical (unpaired) electrons. The summed E-state index contributed by atoms with van der Waals surface area (Å²) >= 11 is 0. The topological polar surface area (TPSA) is 40.5 Å². The summed E-state index contributed by atoms with van der Waals surface area (Å²) in [5.41, 5.74) is 2.49. The first-order chi connectivity index (χ1) is 8.45. The first-order valence-electron chi connectivity index (χ1n) is 6.42. The van der Waals surface area contributed by atoms with Crippen LogP contribution >= 0.6 is 0 Å². The summed E-state index contributed by atoms with van der Waals surface area (Å²) in [6.07, 6.45) is 1.22. The maximum Gasteiger partial charge on any atom is 0.303 e. The molecule has 0 saturated carbocycles. The van der Waals surface area contributed by atoms with E-state index in [4.69, 9.17) is 5.11 Å². The number of hydrogen-bond donors (Lipinski definition) is 1. The minimum absolute atomic E-state index is 0.0879. The predicted molar refractivity (Wildman–Crippen MR) is 73.7 cm³/mol. The van der Waals surface area contributed by atoms with Crippen molar-refractivity contribution in [1.29, 1.82) is 0 Å². The number of carbonyl (C=O) groups is 1. The Morgan fingerprint density at radius 1 is 1.28 bits per heavy atom. The number of aryl methyl sites for hydroxylation is 1. The van der Waals surface area contributed by atoms with Crippen LogP contribution in [0.25, 0.3) is 0 Å². The lowest BCUT2D eigenvalue weighted by Crippen LogP contribution is -2.27. The fraction of sp³-hybridized carbons (Fsp3) is 0.533. The molecule has 1 N–H and O–H groups in total. The lowest BCUT2D eigenvalue weighted by molar-refractivity contribution is -0.138. The molecule has 1 rings (SSSR count). The fourth-order valence-corrected chi connectivity index (χ4v) is 2.47. The maximum absolute atomic E-state index is 10.9. The van der Waals surface area contributed by atoms with Gasteiger partial charge in [0.2, 0.25) is 0 Å². The van der Waals surface area contributed by atoms with Crippen LogP contribution in [0, 0.1) is 5.92 Å². The Hall–Kier alpha value is -1.35. The van der Waals surface area contributed by atoms with Gasteiger partial charge in [-0.2, -0.15) is 0 Å². The summed E-state index contributed by atoms with van der Waals surface area (Å²) in [6, 6.07) is 8.62. The van der Waals surface area contributed by atoms with Gasteiger partial charge in [-0.05, 0) is 37.6 Å². The average molecular weight is 249 g/mol. The van der Waals surface area contributed by atoms with E-state index in [-0.39, 0.29) is 18.4 Å². The van der Waals surface area contributed by atoms with E-state index in [2.05, 4.69) is 36.1 Å². The molecule has 0 aromatic heterocycles. The molecule has 0 bridgehead atoms. The smallest absolute Gasteiger partial charge is 0.303 e. The summed E-state index contributed by atoms with van der Waals surface area (Å²) in [7, 11) is 3.99. The van der Waals surface area contributed by atoms with Crippen LogP contribution in [0.5, 0.6) is 0 Å². The Balaban J connectivity index is 2.92. The fourth-order valence-electron chi connectivity index (χ4n) is 2.47. The first kappa shape index (κ1) is 14.7. The quantitative estimate of drug-likeness (QED) is 0.842. The number of benzene rings is 1. The van der Waals surface area contributed by atoms with Gasteiger partial charge in [-0.15, -0.1) is 0 Å². The summed E-state index contributed by atoms with van der Waals surface area (Å²) in [4.78, 5) is 12.9. The summed E-state index contributed by atoms with van der Waals surface area (Å²) in [5, 5.41) is 8.93. The maximum atomic E-state index is 10.9. The zero-order valence-electron chi connectivity index (χ0n) is 11.7. The SMILES string of the molecule is CCc1ccc(C(C(C)CC(=O)O)N(C)C)cc1. The molecule has 0 amide bonds. The minimum atomic E-state index is -0.737. The molecule has 0 aliphatic carbocycles. The van der Waals surface area contributed by atoms with Crippen molar-refractivity contribution in [3.8, 4) is 0 Å². The van der Waals surface area contributed by atoms with Gasteiger partial charge in [0.05, 0.1) is 0 Å².